The molecule has 0 saturated carbocycles. The summed E-state index contributed by atoms with van der Waals surface area (Å²) in [7, 11) is 0. The third-order valence-electron chi connectivity index (χ3n) is 5.42. The van der Waals surface area contributed by atoms with E-state index in [2.05, 4.69) is 6.58 Å². The van der Waals surface area contributed by atoms with Crippen LogP contribution in [0.25, 0.3) is 11.1 Å². The van der Waals surface area contributed by atoms with Crippen molar-refractivity contribution in [3.05, 3.63) is 71.9 Å². The van der Waals surface area contributed by atoms with Gasteiger partial charge in [-0.05, 0) is 50.2 Å². The first-order valence-corrected chi connectivity index (χ1v) is 9.92. The summed E-state index contributed by atoms with van der Waals surface area (Å²) in [5.74, 6) is -0.625. The fourth-order valence-corrected chi connectivity index (χ4v) is 3.94. The number of hydrogen-bond donors (Lipinski definition) is 0. The molecule has 1 aromatic carbocycles. The second kappa shape index (κ2) is 7.82. The Balaban J connectivity index is 1.52. The average Bonchev–Trinajstić information content (AvgIpc) is 3.30. The van der Waals surface area contributed by atoms with Gasteiger partial charge in [-0.25, -0.2) is 4.39 Å². The quantitative estimate of drug-likeness (QED) is 0.614. The summed E-state index contributed by atoms with van der Waals surface area (Å²) >= 11 is 0. The first-order chi connectivity index (χ1) is 14.3. The highest BCUT2D eigenvalue weighted by Crippen LogP contribution is 2.24. The third-order valence-corrected chi connectivity index (χ3v) is 5.42. The molecule has 6 nitrogen and oxygen atoms in total. The van der Waals surface area contributed by atoms with E-state index in [4.69, 9.17) is 4.42 Å². The molecule has 2 amide bonds. The maximum atomic E-state index is 13.3. The van der Waals surface area contributed by atoms with Gasteiger partial charge in [-0.3, -0.25) is 9.59 Å². The maximum Gasteiger partial charge on any atom is 0.270 e. The standard InChI is InChI=1S/C23H24FN3O3/c1-15(2)13-27-20(12-18-8-11-30-23(18)27)22(29)25-9-10-26(16(3)14-25)21(28)17-4-6-19(24)7-5-17/h4-8,11-12,16H,1,9-10,13-14H2,2-3H3/t16-/m1/s1. The molecule has 0 N–H and O–H groups in total. The molecule has 0 radical (unpaired) electrons. The van der Waals surface area contributed by atoms with Gasteiger partial charge in [-0.2, -0.15) is 0 Å². The van der Waals surface area contributed by atoms with Crippen molar-refractivity contribution in [3.63, 3.8) is 0 Å². The molecule has 0 unspecified atom stereocenters. The van der Waals surface area contributed by atoms with Gasteiger partial charge in [-0.15, -0.1) is 0 Å². The second-order valence-electron chi connectivity index (χ2n) is 7.86. The van der Waals surface area contributed by atoms with Crippen LogP contribution >= 0.6 is 0 Å². The Morgan fingerprint density at radius 2 is 1.90 bits per heavy atom. The van der Waals surface area contributed by atoms with E-state index in [1.807, 2.05) is 30.5 Å². The molecule has 0 spiro atoms. The second-order valence-corrected chi connectivity index (χ2v) is 7.86. The van der Waals surface area contributed by atoms with Crippen LogP contribution in [0.5, 0.6) is 0 Å². The highest BCUT2D eigenvalue weighted by molar-refractivity contribution is 5.98. The zero-order valence-electron chi connectivity index (χ0n) is 17.1. The number of halogens is 1. The van der Waals surface area contributed by atoms with Crippen LogP contribution in [0.15, 0.2) is 59.2 Å². The SMILES string of the molecule is C=C(C)Cn1c(C(=O)N2CCN(C(=O)c3ccc(F)cc3)[C@H](C)C2)cc2ccoc21. The largest absolute Gasteiger partial charge is 0.448 e. The lowest BCUT2D eigenvalue weighted by atomic mass is 10.1. The molecule has 3 aromatic rings. The van der Waals surface area contributed by atoms with Crippen LogP contribution in [-0.2, 0) is 6.54 Å². The van der Waals surface area contributed by atoms with Gasteiger partial charge in [0.25, 0.3) is 11.8 Å². The van der Waals surface area contributed by atoms with E-state index >= 15 is 0 Å². The highest BCUT2D eigenvalue weighted by atomic mass is 19.1. The molecular formula is C23H24FN3O3. The molecular weight excluding hydrogens is 385 g/mol. The predicted octanol–water partition coefficient (Wildman–Crippen LogP) is 3.94. The Kier molecular flexibility index (Phi) is 5.20. The topological polar surface area (TPSA) is 58.7 Å². The van der Waals surface area contributed by atoms with E-state index < -0.39 is 0 Å². The molecule has 1 aliphatic rings. The zero-order chi connectivity index (χ0) is 21.4. The molecule has 0 aliphatic carbocycles. The first-order valence-electron chi connectivity index (χ1n) is 9.92. The van der Waals surface area contributed by atoms with Crippen molar-refractivity contribution in [3.8, 4) is 0 Å². The molecule has 1 saturated heterocycles. The molecule has 0 bridgehead atoms. The number of rotatable bonds is 4. The van der Waals surface area contributed by atoms with Crippen molar-refractivity contribution in [1.82, 2.24) is 14.4 Å². The summed E-state index contributed by atoms with van der Waals surface area (Å²) in [5.41, 5.74) is 2.57. The minimum absolute atomic E-state index is 0.0941. The number of benzene rings is 1. The monoisotopic (exact) mass is 409 g/mol. The van der Waals surface area contributed by atoms with E-state index in [1.165, 1.54) is 24.3 Å². The molecule has 1 atom stereocenters. The zero-order valence-corrected chi connectivity index (χ0v) is 17.1. The minimum Gasteiger partial charge on any atom is -0.448 e. The predicted molar refractivity (Wildman–Crippen MR) is 112 cm³/mol. The van der Waals surface area contributed by atoms with Crippen LogP contribution in [0.3, 0.4) is 0 Å². The Bertz CT molecular complexity index is 1110. The number of nitrogens with zero attached hydrogens (tertiary/aromatic N) is 3. The Labute approximate surface area is 174 Å². The number of piperazine rings is 1. The fraction of sp³-hybridized carbons (Fsp3) is 0.304. The van der Waals surface area contributed by atoms with Gasteiger partial charge in [0.05, 0.1) is 6.26 Å². The number of hydrogen-bond acceptors (Lipinski definition) is 3. The highest BCUT2D eigenvalue weighted by Gasteiger charge is 2.32. The van der Waals surface area contributed by atoms with Crippen LogP contribution in [0.2, 0.25) is 0 Å². The summed E-state index contributed by atoms with van der Waals surface area (Å²) in [4.78, 5) is 29.6. The van der Waals surface area contributed by atoms with Crippen LogP contribution in [-0.4, -0.2) is 51.9 Å². The Morgan fingerprint density at radius 3 is 2.57 bits per heavy atom. The van der Waals surface area contributed by atoms with Crippen LogP contribution < -0.4 is 0 Å². The first kappa shape index (κ1) is 19.9. The van der Waals surface area contributed by atoms with Crippen molar-refractivity contribution in [2.75, 3.05) is 19.6 Å². The van der Waals surface area contributed by atoms with E-state index in [1.54, 1.807) is 16.1 Å². The van der Waals surface area contributed by atoms with Crippen molar-refractivity contribution < 1.29 is 18.4 Å². The lowest BCUT2D eigenvalue weighted by Crippen LogP contribution is -2.55. The summed E-state index contributed by atoms with van der Waals surface area (Å²) in [6.45, 7) is 9.54. The molecule has 1 fully saturated rings. The molecule has 1 aliphatic heterocycles. The van der Waals surface area contributed by atoms with Crippen molar-refractivity contribution in [2.24, 2.45) is 0 Å². The maximum absolute atomic E-state index is 13.3. The Morgan fingerprint density at radius 1 is 1.17 bits per heavy atom. The molecule has 30 heavy (non-hydrogen) atoms. The number of carbonyl (C=O) groups is 2. The smallest absolute Gasteiger partial charge is 0.270 e. The van der Waals surface area contributed by atoms with Crippen LogP contribution in [0.4, 0.5) is 4.39 Å². The lowest BCUT2D eigenvalue weighted by Gasteiger charge is -2.40. The summed E-state index contributed by atoms with van der Waals surface area (Å²) in [5, 5.41) is 0.873. The van der Waals surface area contributed by atoms with Gasteiger partial charge in [0.2, 0.25) is 5.71 Å². The third kappa shape index (κ3) is 3.63. The number of carbonyl (C=O) groups excluding carboxylic acids is 2. The van der Waals surface area contributed by atoms with E-state index in [0.717, 1.165) is 11.0 Å². The van der Waals surface area contributed by atoms with E-state index in [9.17, 15) is 14.0 Å². The van der Waals surface area contributed by atoms with Crippen molar-refractivity contribution in [1.29, 1.82) is 0 Å². The average molecular weight is 409 g/mol. The summed E-state index contributed by atoms with van der Waals surface area (Å²) < 4.78 is 20.6. The van der Waals surface area contributed by atoms with Crippen molar-refractivity contribution in [2.45, 2.75) is 26.4 Å². The number of amides is 2. The van der Waals surface area contributed by atoms with Gasteiger partial charge in [-0.1, -0.05) is 12.2 Å². The summed E-state index contributed by atoms with van der Waals surface area (Å²) in [6.07, 6.45) is 1.61. The molecule has 4 rings (SSSR count). The van der Waals surface area contributed by atoms with E-state index in [0.29, 0.717) is 43.1 Å². The molecule has 2 aromatic heterocycles. The number of allylic oxidation sites excluding steroid dienone is 1. The van der Waals surface area contributed by atoms with Gasteiger partial charge in [0.1, 0.15) is 11.5 Å². The van der Waals surface area contributed by atoms with Crippen molar-refractivity contribution >= 4 is 22.9 Å². The number of aromatic nitrogens is 1. The van der Waals surface area contributed by atoms with E-state index in [-0.39, 0.29) is 23.7 Å². The van der Waals surface area contributed by atoms with Gasteiger partial charge < -0.3 is 18.8 Å². The molecule has 7 heteroatoms. The number of furan rings is 1. The molecule has 156 valence electrons. The normalized spacial score (nSPS) is 16.8. The summed E-state index contributed by atoms with van der Waals surface area (Å²) in [6, 6.07) is 9.05. The van der Waals surface area contributed by atoms with Gasteiger partial charge >= 0.3 is 0 Å². The Hall–Kier alpha value is -3.35. The number of fused-ring (bicyclic) bond motifs is 1. The minimum atomic E-state index is -0.376. The van der Waals surface area contributed by atoms with Gasteiger partial charge in [0.15, 0.2) is 0 Å². The van der Waals surface area contributed by atoms with Crippen LogP contribution in [0.1, 0.15) is 34.7 Å². The van der Waals surface area contributed by atoms with Gasteiger partial charge in [0, 0.05) is 43.2 Å². The lowest BCUT2D eigenvalue weighted by molar-refractivity contribution is 0.0409. The van der Waals surface area contributed by atoms with Crippen LogP contribution in [0, 0.1) is 5.82 Å². The fourth-order valence-electron chi connectivity index (χ4n) is 3.94. The molecule has 3 heterocycles.